The number of aromatic hydroxyl groups is 1. The van der Waals surface area contributed by atoms with Crippen molar-refractivity contribution in [2.24, 2.45) is 0 Å². The summed E-state index contributed by atoms with van der Waals surface area (Å²) in [5.41, 5.74) is 1.94. The van der Waals surface area contributed by atoms with E-state index in [9.17, 15) is 9.90 Å². The van der Waals surface area contributed by atoms with Crippen molar-refractivity contribution in [1.29, 1.82) is 0 Å². The van der Waals surface area contributed by atoms with E-state index in [2.05, 4.69) is 18.0 Å². The summed E-state index contributed by atoms with van der Waals surface area (Å²) in [6, 6.07) is 5.05. The van der Waals surface area contributed by atoms with E-state index in [-0.39, 0.29) is 11.7 Å². The van der Waals surface area contributed by atoms with Gasteiger partial charge in [0.25, 0.3) is 0 Å². The van der Waals surface area contributed by atoms with E-state index < -0.39 is 0 Å². The molecule has 1 rings (SSSR count). The number of ether oxygens (including phenoxy) is 1. The molecule has 0 aliphatic carbocycles. The van der Waals surface area contributed by atoms with Crippen molar-refractivity contribution in [3.05, 3.63) is 48.1 Å². The number of phenolic OH excluding ortho intramolecular Hbond substituents is 1. The molecule has 0 radical (unpaired) electrons. The first-order chi connectivity index (χ1) is 10.5. The van der Waals surface area contributed by atoms with Crippen LogP contribution in [-0.4, -0.2) is 18.1 Å². The van der Waals surface area contributed by atoms with Gasteiger partial charge in [-0.25, -0.2) is 0 Å². The fraction of sp³-hybridized carbons (Fsp3) is 0.389. The third-order valence-corrected chi connectivity index (χ3v) is 3.16. The summed E-state index contributed by atoms with van der Waals surface area (Å²) in [5.74, 6) is 0.548. The summed E-state index contributed by atoms with van der Waals surface area (Å²) in [6.45, 7) is 6.19. The number of phenols is 1. The number of carbonyl (C=O) groups excluding carboxylic acids is 1. The highest BCUT2D eigenvalue weighted by atomic mass is 16.5. The van der Waals surface area contributed by atoms with Crippen LogP contribution in [0.3, 0.4) is 0 Å². The zero-order valence-corrected chi connectivity index (χ0v) is 13.4. The van der Waals surface area contributed by atoms with Crippen LogP contribution in [0.2, 0.25) is 0 Å². The van der Waals surface area contributed by atoms with Crippen LogP contribution >= 0.6 is 0 Å². The number of allylic oxidation sites excluding steroid dienone is 3. The van der Waals surface area contributed by atoms with E-state index in [1.54, 1.807) is 18.2 Å². The smallest absolute Gasteiger partial charge is 0.220 e. The first-order valence-electron chi connectivity index (χ1n) is 7.47. The van der Waals surface area contributed by atoms with Gasteiger partial charge in [-0.3, -0.25) is 4.79 Å². The van der Waals surface area contributed by atoms with Gasteiger partial charge in [0.1, 0.15) is 0 Å². The summed E-state index contributed by atoms with van der Waals surface area (Å²) in [6.07, 6.45) is 7.43. The van der Waals surface area contributed by atoms with Gasteiger partial charge in [-0.1, -0.05) is 30.4 Å². The Kier molecular flexibility index (Phi) is 7.83. The van der Waals surface area contributed by atoms with Crippen molar-refractivity contribution < 1.29 is 14.6 Å². The molecule has 0 atom stereocenters. The first kappa shape index (κ1) is 17.8. The van der Waals surface area contributed by atoms with E-state index >= 15 is 0 Å². The van der Waals surface area contributed by atoms with Gasteiger partial charge in [-0.05, 0) is 43.9 Å². The van der Waals surface area contributed by atoms with Crippen LogP contribution in [0.1, 0.15) is 38.2 Å². The van der Waals surface area contributed by atoms with Gasteiger partial charge in [-0.15, -0.1) is 0 Å². The van der Waals surface area contributed by atoms with Crippen LogP contribution in [0, 0.1) is 0 Å². The predicted molar refractivity (Wildman–Crippen MR) is 88.9 cm³/mol. The zero-order valence-electron chi connectivity index (χ0n) is 13.4. The number of rotatable bonds is 9. The van der Waals surface area contributed by atoms with E-state index in [0.29, 0.717) is 18.7 Å². The molecule has 0 unspecified atom stereocenters. The maximum Gasteiger partial charge on any atom is 0.220 e. The molecule has 120 valence electrons. The first-order valence-corrected chi connectivity index (χ1v) is 7.47. The summed E-state index contributed by atoms with van der Waals surface area (Å²) in [7, 11) is 1.50. The summed E-state index contributed by atoms with van der Waals surface area (Å²) in [4.78, 5) is 11.8. The maximum absolute atomic E-state index is 11.8. The van der Waals surface area contributed by atoms with Crippen molar-refractivity contribution >= 4 is 5.91 Å². The minimum atomic E-state index is 0.0379. The largest absolute Gasteiger partial charge is 0.504 e. The molecule has 0 bridgehead atoms. The van der Waals surface area contributed by atoms with Gasteiger partial charge in [0.15, 0.2) is 11.5 Å². The molecule has 0 aliphatic heterocycles. The molecule has 0 saturated carbocycles. The van der Waals surface area contributed by atoms with Crippen LogP contribution in [-0.2, 0) is 11.3 Å². The molecule has 22 heavy (non-hydrogen) atoms. The third-order valence-electron chi connectivity index (χ3n) is 3.16. The number of benzene rings is 1. The normalized spacial score (nSPS) is 10.6. The molecular weight excluding hydrogens is 278 g/mol. The predicted octanol–water partition coefficient (Wildman–Crippen LogP) is 3.71. The number of nitrogens with one attached hydrogen (secondary N) is 1. The van der Waals surface area contributed by atoms with E-state index in [1.165, 1.54) is 7.11 Å². The van der Waals surface area contributed by atoms with Gasteiger partial charge in [0.2, 0.25) is 5.91 Å². The highest BCUT2D eigenvalue weighted by Gasteiger charge is 2.04. The molecule has 0 heterocycles. The van der Waals surface area contributed by atoms with Gasteiger partial charge in [-0.2, -0.15) is 0 Å². The number of carbonyl (C=O) groups is 1. The summed E-state index contributed by atoms with van der Waals surface area (Å²) < 4.78 is 5.04. The van der Waals surface area contributed by atoms with Crippen LogP contribution < -0.4 is 10.1 Å². The van der Waals surface area contributed by atoms with E-state index in [4.69, 9.17) is 4.74 Å². The average Bonchev–Trinajstić information content (AvgIpc) is 2.49. The van der Waals surface area contributed by atoms with Crippen molar-refractivity contribution in [3.63, 3.8) is 0 Å². The lowest BCUT2D eigenvalue weighted by Crippen LogP contribution is -2.22. The number of unbranched alkanes of at least 4 members (excludes halogenated alkanes) is 2. The molecule has 1 aromatic carbocycles. The highest BCUT2D eigenvalue weighted by molar-refractivity contribution is 5.75. The van der Waals surface area contributed by atoms with Crippen LogP contribution in [0.5, 0.6) is 11.5 Å². The Hall–Kier alpha value is -2.23. The summed E-state index contributed by atoms with van der Waals surface area (Å²) >= 11 is 0. The van der Waals surface area contributed by atoms with Crippen molar-refractivity contribution in [1.82, 2.24) is 5.32 Å². The molecule has 0 spiro atoms. The van der Waals surface area contributed by atoms with Crippen LogP contribution in [0.4, 0.5) is 0 Å². The SMILES string of the molecule is C=C(C)C=CCCCCC(=O)NCc1ccc(O)c(OC)c1. The minimum absolute atomic E-state index is 0.0379. The molecular formula is C18H25NO3. The lowest BCUT2D eigenvalue weighted by molar-refractivity contribution is -0.121. The monoisotopic (exact) mass is 303 g/mol. The maximum atomic E-state index is 11.8. The Morgan fingerprint density at radius 1 is 1.41 bits per heavy atom. The second-order valence-electron chi connectivity index (χ2n) is 5.28. The summed E-state index contributed by atoms with van der Waals surface area (Å²) in [5, 5.41) is 12.4. The number of amides is 1. The van der Waals surface area contributed by atoms with Gasteiger partial charge < -0.3 is 15.2 Å². The molecule has 4 nitrogen and oxygen atoms in total. The molecule has 0 aromatic heterocycles. The topological polar surface area (TPSA) is 58.6 Å². The Morgan fingerprint density at radius 3 is 2.86 bits per heavy atom. The Labute approximate surface area is 132 Å². The van der Waals surface area contributed by atoms with Crippen molar-refractivity contribution in [3.8, 4) is 11.5 Å². The standard InChI is InChI=1S/C18H25NO3/c1-14(2)8-6-4-5-7-9-18(21)19-13-15-10-11-16(20)17(12-15)22-3/h6,8,10-12,20H,1,4-5,7,9,13H2,2-3H3,(H,19,21). The van der Waals surface area contributed by atoms with Gasteiger partial charge >= 0.3 is 0 Å². The lowest BCUT2D eigenvalue weighted by atomic mass is 10.1. The van der Waals surface area contributed by atoms with Gasteiger partial charge in [0.05, 0.1) is 7.11 Å². The Balaban J connectivity index is 2.24. The minimum Gasteiger partial charge on any atom is -0.504 e. The quantitative estimate of drug-likeness (QED) is 0.540. The molecule has 0 saturated heterocycles. The second kappa shape index (κ2) is 9.66. The number of hydrogen-bond donors (Lipinski definition) is 2. The van der Waals surface area contributed by atoms with E-state index in [1.807, 2.05) is 13.0 Å². The number of methoxy groups -OCH3 is 1. The van der Waals surface area contributed by atoms with Crippen molar-refractivity contribution in [2.75, 3.05) is 7.11 Å². The molecule has 2 N–H and O–H groups in total. The fourth-order valence-electron chi connectivity index (χ4n) is 1.95. The van der Waals surface area contributed by atoms with Crippen LogP contribution in [0.25, 0.3) is 0 Å². The molecule has 0 aliphatic rings. The van der Waals surface area contributed by atoms with Crippen LogP contribution in [0.15, 0.2) is 42.5 Å². The van der Waals surface area contributed by atoms with Gasteiger partial charge in [0, 0.05) is 13.0 Å². The molecule has 1 amide bonds. The van der Waals surface area contributed by atoms with Crippen molar-refractivity contribution in [2.45, 2.75) is 39.2 Å². The third kappa shape index (κ3) is 6.97. The Bertz CT molecular complexity index is 535. The number of hydrogen-bond acceptors (Lipinski definition) is 3. The Morgan fingerprint density at radius 2 is 2.18 bits per heavy atom. The van der Waals surface area contributed by atoms with E-state index in [0.717, 1.165) is 30.4 Å². The molecule has 4 heteroatoms. The average molecular weight is 303 g/mol. The molecule has 0 fully saturated rings. The fourth-order valence-corrected chi connectivity index (χ4v) is 1.95. The highest BCUT2D eigenvalue weighted by Crippen LogP contribution is 2.26. The lowest BCUT2D eigenvalue weighted by Gasteiger charge is -2.08. The second-order valence-corrected chi connectivity index (χ2v) is 5.28. The molecule has 1 aromatic rings. The zero-order chi connectivity index (χ0) is 16.4.